The molecule has 1 aliphatic carbocycles. The summed E-state index contributed by atoms with van der Waals surface area (Å²) in [6.07, 6.45) is 2.19. The molecule has 1 fully saturated rings. The molecule has 1 N–H and O–H groups in total. The van der Waals surface area contributed by atoms with Crippen LogP contribution in [0, 0.1) is 19.8 Å². The van der Waals surface area contributed by atoms with Gasteiger partial charge in [0.15, 0.2) is 0 Å². The Kier molecular flexibility index (Phi) is 9.30. The summed E-state index contributed by atoms with van der Waals surface area (Å²) < 4.78 is 5.52. The van der Waals surface area contributed by atoms with E-state index in [2.05, 4.69) is 26.0 Å². The third-order valence-electron chi connectivity index (χ3n) is 3.34. The van der Waals surface area contributed by atoms with Gasteiger partial charge in [-0.15, -0.1) is 0 Å². The molecule has 0 spiro atoms. The predicted octanol–water partition coefficient (Wildman–Crippen LogP) is 3.40. The van der Waals surface area contributed by atoms with Crippen molar-refractivity contribution in [2.45, 2.75) is 32.6 Å². The van der Waals surface area contributed by atoms with E-state index in [0.29, 0.717) is 18.4 Å². The van der Waals surface area contributed by atoms with Crippen LogP contribution in [0.3, 0.4) is 0 Å². The maximum Gasteiger partial charge on any atom is 2.00 e. The van der Waals surface area contributed by atoms with Gasteiger partial charge < -0.3 is 23.7 Å². The standard InChI is InChI=1S/C12H14O2.2C2H5.Zn/c13-7-8-6-11(8)9-2-1-3-12-10(9)4-5-14-12;2*1-2;/h1-3,8,11,13H,4-7H2;2*1H2,2H3;/q;2*-1;+2/t8-,11-;;;/m0.../s1. The number of hydrogen-bond donors (Lipinski definition) is 1. The third kappa shape index (κ3) is 4.29. The van der Waals surface area contributed by atoms with Crippen molar-refractivity contribution < 1.29 is 29.3 Å². The number of fused-ring (bicyclic) bond motifs is 1. The molecular formula is C16H24O2Zn. The average Bonchev–Trinajstić information content (AvgIpc) is 3.09. The maximum absolute atomic E-state index is 9.06. The Morgan fingerprint density at radius 2 is 1.95 bits per heavy atom. The van der Waals surface area contributed by atoms with Crippen molar-refractivity contribution in [3.63, 3.8) is 0 Å². The van der Waals surface area contributed by atoms with Crippen LogP contribution in [-0.2, 0) is 25.9 Å². The number of aliphatic hydroxyl groups excluding tert-OH is 1. The van der Waals surface area contributed by atoms with Crippen LogP contribution in [-0.4, -0.2) is 18.3 Å². The number of aliphatic hydroxyl groups is 1. The number of ether oxygens (including phenoxy) is 1. The van der Waals surface area contributed by atoms with E-state index in [4.69, 9.17) is 9.84 Å². The molecule has 0 unspecified atom stereocenters. The molecule has 0 radical (unpaired) electrons. The largest absolute Gasteiger partial charge is 2.00 e. The minimum atomic E-state index is 0. The summed E-state index contributed by atoms with van der Waals surface area (Å²) in [6, 6.07) is 6.29. The van der Waals surface area contributed by atoms with Gasteiger partial charge in [0, 0.05) is 18.6 Å². The fourth-order valence-electron chi connectivity index (χ4n) is 2.43. The fraction of sp³-hybridized carbons (Fsp3) is 0.500. The Morgan fingerprint density at radius 3 is 2.53 bits per heavy atom. The molecule has 0 amide bonds. The van der Waals surface area contributed by atoms with Gasteiger partial charge in [0.1, 0.15) is 5.75 Å². The molecule has 2 nitrogen and oxygen atoms in total. The van der Waals surface area contributed by atoms with Crippen molar-refractivity contribution in [2.24, 2.45) is 5.92 Å². The summed E-state index contributed by atoms with van der Waals surface area (Å²) in [5, 5.41) is 9.06. The smallest absolute Gasteiger partial charge is 0.493 e. The molecule has 1 saturated carbocycles. The zero-order valence-corrected chi connectivity index (χ0v) is 15.2. The zero-order chi connectivity index (χ0) is 13.5. The topological polar surface area (TPSA) is 29.5 Å². The van der Waals surface area contributed by atoms with Crippen LogP contribution in [0.1, 0.15) is 37.3 Å². The van der Waals surface area contributed by atoms with E-state index in [9.17, 15) is 0 Å². The molecule has 2 atom stereocenters. The molecule has 3 rings (SSSR count). The van der Waals surface area contributed by atoms with Crippen LogP contribution >= 0.6 is 0 Å². The maximum atomic E-state index is 9.06. The van der Waals surface area contributed by atoms with Gasteiger partial charge in [0.2, 0.25) is 0 Å². The Morgan fingerprint density at radius 1 is 1.26 bits per heavy atom. The first-order chi connectivity index (χ1) is 8.90. The van der Waals surface area contributed by atoms with Gasteiger partial charge in [0.05, 0.1) is 6.61 Å². The molecular weight excluding hydrogens is 290 g/mol. The molecule has 0 saturated heterocycles. The van der Waals surface area contributed by atoms with Gasteiger partial charge in [0.25, 0.3) is 0 Å². The van der Waals surface area contributed by atoms with Crippen molar-refractivity contribution in [1.82, 2.24) is 0 Å². The van der Waals surface area contributed by atoms with Crippen LogP contribution in [0.4, 0.5) is 0 Å². The van der Waals surface area contributed by atoms with Crippen molar-refractivity contribution in [3.8, 4) is 5.75 Å². The van der Waals surface area contributed by atoms with Crippen molar-refractivity contribution in [1.29, 1.82) is 0 Å². The monoisotopic (exact) mass is 312 g/mol. The van der Waals surface area contributed by atoms with Crippen molar-refractivity contribution in [3.05, 3.63) is 43.2 Å². The van der Waals surface area contributed by atoms with Gasteiger partial charge in [-0.25, -0.2) is 0 Å². The first kappa shape index (κ1) is 18.6. The van der Waals surface area contributed by atoms with Crippen LogP contribution in [0.5, 0.6) is 5.75 Å². The molecule has 19 heavy (non-hydrogen) atoms. The summed E-state index contributed by atoms with van der Waals surface area (Å²) in [5.74, 6) is 2.16. The molecule has 1 aromatic rings. The normalized spacial score (nSPS) is 21.5. The van der Waals surface area contributed by atoms with Gasteiger partial charge >= 0.3 is 19.5 Å². The fourth-order valence-corrected chi connectivity index (χ4v) is 2.43. The van der Waals surface area contributed by atoms with E-state index >= 15 is 0 Å². The zero-order valence-electron chi connectivity index (χ0n) is 12.2. The average molecular weight is 314 g/mol. The summed E-state index contributed by atoms with van der Waals surface area (Å²) >= 11 is 0. The van der Waals surface area contributed by atoms with E-state index in [-0.39, 0.29) is 19.5 Å². The molecule has 1 aromatic carbocycles. The van der Waals surface area contributed by atoms with E-state index in [0.717, 1.165) is 25.2 Å². The summed E-state index contributed by atoms with van der Waals surface area (Å²) in [4.78, 5) is 0. The number of rotatable bonds is 2. The van der Waals surface area contributed by atoms with Crippen LogP contribution in [0.2, 0.25) is 0 Å². The molecule has 2 aliphatic rings. The quantitative estimate of drug-likeness (QED) is 0.670. The Hall–Kier alpha value is -0.397. The minimum Gasteiger partial charge on any atom is -0.493 e. The van der Waals surface area contributed by atoms with E-state index < -0.39 is 0 Å². The summed E-state index contributed by atoms with van der Waals surface area (Å²) in [7, 11) is 0. The van der Waals surface area contributed by atoms with Gasteiger partial charge in [-0.05, 0) is 29.9 Å². The molecule has 0 aromatic heterocycles. The third-order valence-corrected chi connectivity index (χ3v) is 3.34. The van der Waals surface area contributed by atoms with Gasteiger partial charge in [-0.3, -0.25) is 0 Å². The molecule has 1 heterocycles. The number of hydrogen-bond acceptors (Lipinski definition) is 2. The van der Waals surface area contributed by atoms with Gasteiger partial charge in [-0.2, -0.15) is 13.8 Å². The van der Waals surface area contributed by atoms with E-state index in [1.807, 2.05) is 6.07 Å². The van der Waals surface area contributed by atoms with Crippen LogP contribution in [0.25, 0.3) is 0 Å². The first-order valence-corrected chi connectivity index (χ1v) is 6.67. The Bertz CT molecular complexity index is 366. The second-order valence-electron chi connectivity index (χ2n) is 4.21. The Labute approximate surface area is 130 Å². The second-order valence-corrected chi connectivity index (χ2v) is 4.21. The van der Waals surface area contributed by atoms with Crippen molar-refractivity contribution in [2.75, 3.05) is 13.2 Å². The summed E-state index contributed by atoms with van der Waals surface area (Å²) in [5.41, 5.74) is 2.80. The second kappa shape index (κ2) is 9.50. The first-order valence-electron chi connectivity index (χ1n) is 6.67. The SMILES string of the molecule is OC[C@@H]1C[C@@H]1c1cccc2c1CCO2.[CH2-]C.[CH2-]C.[Zn+2]. The molecule has 102 valence electrons. The predicted molar refractivity (Wildman–Crippen MR) is 75.6 cm³/mol. The van der Waals surface area contributed by atoms with E-state index in [1.54, 1.807) is 13.8 Å². The van der Waals surface area contributed by atoms with Crippen LogP contribution in [0.15, 0.2) is 18.2 Å². The Balaban J connectivity index is 0.000000597. The van der Waals surface area contributed by atoms with Crippen LogP contribution < -0.4 is 4.74 Å². The molecule has 3 heteroatoms. The number of benzene rings is 1. The summed E-state index contributed by atoms with van der Waals surface area (Å²) in [6.45, 7) is 11.2. The van der Waals surface area contributed by atoms with Crippen molar-refractivity contribution >= 4 is 0 Å². The van der Waals surface area contributed by atoms with E-state index in [1.165, 1.54) is 11.1 Å². The molecule has 1 aliphatic heterocycles. The van der Waals surface area contributed by atoms with Gasteiger partial charge in [-0.1, -0.05) is 12.1 Å². The minimum absolute atomic E-state index is 0. The molecule has 0 bridgehead atoms.